The summed E-state index contributed by atoms with van der Waals surface area (Å²) >= 11 is 0. The van der Waals surface area contributed by atoms with Crippen LogP contribution in [0.3, 0.4) is 0 Å². The Morgan fingerprint density at radius 1 is 1.06 bits per heavy atom. The van der Waals surface area contributed by atoms with Crippen molar-refractivity contribution in [1.82, 2.24) is 4.98 Å². The van der Waals surface area contributed by atoms with Crippen molar-refractivity contribution in [2.45, 2.75) is 78.9 Å². The molecule has 5 unspecified atom stereocenters. The van der Waals surface area contributed by atoms with Gasteiger partial charge in [0.05, 0.1) is 5.69 Å². The van der Waals surface area contributed by atoms with Crippen molar-refractivity contribution in [3.63, 3.8) is 0 Å². The van der Waals surface area contributed by atoms with E-state index in [2.05, 4.69) is 52.6 Å². The van der Waals surface area contributed by atoms with Gasteiger partial charge in [0, 0.05) is 30.6 Å². The summed E-state index contributed by atoms with van der Waals surface area (Å²) < 4.78 is 5.16. The number of ether oxygens (including phenoxy) is 1. The first kappa shape index (κ1) is 26.1. The van der Waals surface area contributed by atoms with Crippen LogP contribution in [0.25, 0.3) is 0 Å². The van der Waals surface area contributed by atoms with Crippen LogP contribution in [0.5, 0.6) is 5.75 Å². The van der Waals surface area contributed by atoms with Crippen LogP contribution in [0.2, 0.25) is 0 Å². The number of aliphatic hydroxyl groups is 1. The molecule has 1 heterocycles. The molecule has 0 aliphatic heterocycles. The highest BCUT2D eigenvalue weighted by Crippen LogP contribution is 2.32. The van der Waals surface area contributed by atoms with E-state index in [0.29, 0.717) is 18.5 Å². The number of Topliss-reactive ketones (excluding diaryl/α,β-unsaturated/α-hetero) is 1. The zero-order chi connectivity index (χ0) is 24.2. The molecule has 0 aliphatic rings. The Labute approximate surface area is 193 Å². The van der Waals surface area contributed by atoms with E-state index in [4.69, 9.17) is 4.74 Å². The summed E-state index contributed by atoms with van der Waals surface area (Å²) in [7, 11) is 1.48. The molecule has 0 saturated heterocycles. The number of carbonyl (C=O) groups excluding carboxylic acids is 1. The number of aromatic amines is 1. The Kier molecular flexibility index (Phi) is 8.72. The number of hydrogen-bond donors (Lipinski definition) is 3. The number of rotatable bonds is 10. The predicted molar refractivity (Wildman–Crippen MR) is 129 cm³/mol. The number of benzene rings is 1. The van der Waals surface area contributed by atoms with Gasteiger partial charge in [-0.15, -0.1) is 0 Å². The van der Waals surface area contributed by atoms with Gasteiger partial charge in [-0.05, 0) is 53.5 Å². The molecule has 32 heavy (non-hydrogen) atoms. The van der Waals surface area contributed by atoms with E-state index in [1.165, 1.54) is 7.11 Å². The normalized spacial score (nSPS) is 16.9. The molecule has 2 aromatic rings. The second-order valence-electron chi connectivity index (χ2n) is 10.5. The third-order valence-corrected chi connectivity index (χ3v) is 6.91. The average Bonchev–Trinajstić information content (AvgIpc) is 3.16. The minimum absolute atomic E-state index is 0.0784. The first-order valence-electron chi connectivity index (χ1n) is 11.6. The summed E-state index contributed by atoms with van der Waals surface area (Å²) in [6.45, 7) is 14.7. The van der Waals surface area contributed by atoms with Crippen molar-refractivity contribution in [3.05, 3.63) is 52.8 Å². The molecule has 1 aromatic heterocycles. The summed E-state index contributed by atoms with van der Waals surface area (Å²) in [4.78, 5) is 16.4. The molecule has 0 spiro atoms. The van der Waals surface area contributed by atoms with E-state index in [9.17, 15) is 15.0 Å². The minimum Gasteiger partial charge on any atom is -0.508 e. The third kappa shape index (κ3) is 6.46. The molecule has 0 saturated carbocycles. The lowest BCUT2D eigenvalue weighted by Gasteiger charge is -2.24. The molecule has 0 aliphatic carbocycles. The van der Waals surface area contributed by atoms with Gasteiger partial charge in [-0.3, -0.25) is 4.79 Å². The zero-order valence-corrected chi connectivity index (χ0v) is 20.9. The Morgan fingerprint density at radius 3 is 2.19 bits per heavy atom. The van der Waals surface area contributed by atoms with Gasteiger partial charge in [0.15, 0.2) is 6.29 Å². The smallest absolute Gasteiger partial charge is 0.196 e. The number of ketones is 1. The van der Waals surface area contributed by atoms with Crippen molar-refractivity contribution >= 4 is 5.78 Å². The first-order chi connectivity index (χ1) is 14.8. The number of nitrogens with one attached hydrogen (secondary N) is 1. The molecule has 1 aromatic carbocycles. The van der Waals surface area contributed by atoms with Gasteiger partial charge in [0.1, 0.15) is 11.5 Å². The third-order valence-electron chi connectivity index (χ3n) is 6.91. The Hall–Kier alpha value is -2.11. The largest absolute Gasteiger partial charge is 0.508 e. The van der Waals surface area contributed by atoms with Crippen molar-refractivity contribution in [2.24, 2.45) is 17.8 Å². The maximum atomic E-state index is 13.1. The number of aromatic hydroxyl groups is 1. The molecule has 0 fully saturated rings. The summed E-state index contributed by atoms with van der Waals surface area (Å²) in [6.07, 6.45) is 0.198. The SMILES string of the molecule is COC(O)c1[nH]c(C(C)(C)C)cc1CC(C)C(C)C(=O)CC(C)C(C)c1ccc(O)cc1. The molecule has 0 bridgehead atoms. The molecule has 3 N–H and O–H groups in total. The number of methoxy groups -OCH3 is 1. The highest BCUT2D eigenvalue weighted by Gasteiger charge is 2.28. The van der Waals surface area contributed by atoms with E-state index >= 15 is 0 Å². The van der Waals surface area contributed by atoms with Gasteiger partial charge in [-0.25, -0.2) is 0 Å². The maximum Gasteiger partial charge on any atom is 0.196 e. The maximum absolute atomic E-state index is 13.1. The highest BCUT2D eigenvalue weighted by molar-refractivity contribution is 5.81. The molecule has 0 amide bonds. The van der Waals surface area contributed by atoms with Crippen molar-refractivity contribution in [3.8, 4) is 5.75 Å². The summed E-state index contributed by atoms with van der Waals surface area (Å²) in [6, 6.07) is 9.34. The second kappa shape index (κ2) is 10.7. The van der Waals surface area contributed by atoms with Crippen LogP contribution in [-0.2, 0) is 21.4 Å². The molecule has 5 atom stereocenters. The lowest BCUT2D eigenvalue weighted by atomic mass is 9.80. The van der Waals surface area contributed by atoms with Gasteiger partial charge in [0.2, 0.25) is 0 Å². The van der Waals surface area contributed by atoms with Crippen molar-refractivity contribution in [2.75, 3.05) is 7.11 Å². The zero-order valence-electron chi connectivity index (χ0n) is 20.9. The second-order valence-corrected chi connectivity index (χ2v) is 10.5. The van der Waals surface area contributed by atoms with E-state index in [0.717, 1.165) is 16.8 Å². The molecule has 0 radical (unpaired) electrons. The number of aliphatic hydroxyl groups excluding tert-OH is 1. The standard InChI is InChI=1S/C27H41NO4/c1-16(13-21-15-24(27(5,6)7)28-25(21)26(31)32-8)19(4)23(30)14-17(2)18(3)20-9-11-22(29)12-10-20/h9-12,15-19,26,28-29,31H,13-14H2,1-8H3. The van der Waals surface area contributed by atoms with E-state index in [-0.39, 0.29) is 40.6 Å². The fourth-order valence-electron chi connectivity index (χ4n) is 4.05. The molecule has 5 heteroatoms. The number of phenolic OH excluding ortho intramolecular Hbond substituents is 1. The lowest BCUT2D eigenvalue weighted by Crippen LogP contribution is -2.24. The van der Waals surface area contributed by atoms with Gasteiger partial charge in [0.25, 0.3) is 0 Å². The lowest BCUT2D eigenvalue weighted by molar-refractivity contribution is -0.124. The Bertz CT molecular complexity index is 878. The van der Waals surface area contributed by atoms with E-state index in [1.807, 2.05) is 19.1 Å². The molecule has 178 valence electrons. The Morgan fingerprint density at radius 2 is 1.66 bits per heavy atom. The fraction of sp³-hybridized carbons (Fsp3) is 0.593. The summed E-state index contributed by atoms with van der Waals surface area (Å²) in [5, 5.41) is 19.8. The number of H-pyrrole nitrogens is 1. The van der Waals surface area contributed by atoms with Gasteiger partial charge in [-0.2, -0.15) is 0 Å². The molecule has 2 rings (SSSR count). The first-order valence-corrected chi connectivity index (χ1v) is 11.6. The summed E-state index contributed by atoms with van der Waals surface area (Å²) in [5.41, 5.74) is 3.77. The minimum atomic E-state index is -1.01. The van der Waals surface area contributed by atoms with Crippen LogP contribution < -0.4 is 0 Å². The van der Waals surface area contributed by atoms with Gasteiger partial charge >= 0.3 is 0 Å². The molecular weight excluding hydrogens is 402 g/mol. The average molecular weight is 444 g/mol. The van der Waals surface area contributed by atoms with Crippen LogP contribution in [-0.4, -0.2) is 28.1 Å². The van der Waals surface area contributed by atoms with Crippen LogP contribution in [0.1, 0.15) is 89.6 Å². The Balaban J connectivity index is 2.08. The summed E-state index contributed by atoms with van der Waals surface area (Å²) in [5.74, 6) is 0.979. The fourth-order valence-corrected chi connectivity index (χ4v) is 4.05. The van der Waals surface area contributed by atoms with Gasteiger partial charge in [-0.1, -0.05) is 60.6 Å². The van der Waals surface area contributed by atoms with Crippen molar-refractivity contribution < 1.29 is 19.7 Å². The molecule has 5 nitrogen and oxygen atoms in total. The van der Waals surface area contributed by atoms with Crippen LogP contribution in [0.4, 0.5) is 0 Å². The number of carbonyl (C=O) groups is 1. The van der Waals surface area contributed by atoms with Crippen LogP contribution in [0.15, 0.2) is 30.3 Å². The van der Waals surface area contributed by atoms with Crippen LogP contribution in [0, 0.1) is 17.8 Å². The van der Waals surface area contributed by atoms with Crippen LogP contribution >= 0.6 is 0 Å². The quantitative estimate of drug-likeness (QED) is 0.401. The van der Waals surface area contributed by atoms with E-state index < -0.39 is 6.29 Å². The number of hydrogen-bond acceptors (Lipinski definition) is 4. The van der Waals surface area contributed by atoms with Gasteiger partial charge < -0.3 is 19.9 Å². The van der Waals surface area contributed by atoms with E-state index in [1.54, 1.807) is 12.1 Å². The number of aromatic nitrogens is 1. The van der Waals surface area contributed by atoms with Crippen molar-refractivity contribution in [1.29, 1.82) is 0 Å². The molecular formula is C27H41NO4. The topological polar surface area (TPSA) is 82.5 Å². The predicted octanol–water partition coefficient (Wildman–Crippen LogP) is 5.87. The number of phenols is 1. The monoisotopic (exact) mass is 443 g/mol. The highest BCUT2D eigenvalue weighted by atomic mass is 16.6.